The molecule has 0 spiro atoms. The molecule has 9 heteroatoms. The number of nitrogens with one attached hydrogen (secondary N) is 1. The molecular weight excluding hydrogens is 572 g/mol. The Morgan fingerprint density at radius 1 is 1.05 bits per heavy atom. The lowest BCUT2D eigenvalue weighted by Crippen LogP contribution is -2.27. The molecule has 190 valence electrons. The first-order chi connectivity index (χ1) is 17.7. The molecule has 0 radical (unpaired) electrons. The van der Waals surface area contributed by atoms with Crippen molar-refractivity contribution >= 4 is 73.5 Å². The third-order valence-electron chi connectivity index (χ3n) is 5.49. The highest BCUT2D eigenvalue weighted by molar-refractivity contribution is 9.10. The highest BCUT2D eigenvalue weighted by atomic mass is 79.9. The van der Waals surface area contributed by atoms with E-state index < -0.39 is 0 Å². The highest BCUT2D eigenvalue weighted by Gasteiger charge is 2.33. The molecule has 37 heavy (non-hydrogen) atoms. The molecule has 1 saturated heterocycles. The molecule has 6 nitrogen and oxygen atoms in total. The fourth-order valence-corrected chi connectivity index (χ4v) is 5.81. The number of rotatable bonds is 8. The largest absolute Gasteiger partial charge is 0.494 e. The van der Waals surface area contributed by atoms with E-state index in [4.69, 9.17) is 21.7 Å². The molecule has 1 aliphatic heterocycles. The minimum atomic E-state index is -0.254. The molecule has 2 amide bonds. The number of hydrogen-bond donors (Lipinski definition) is 1. The van der Waals surface area contributed by atoms with Crippen molar-refractivity contribution in [2.24, 2.45) is 0 Å². The lowest BCUT2D eigenvalue weighted by Gasteiger charge is -2.15. The highest BCUT2D eigenvalue weighted by Crippen LogP contribution is 2.36. The number of thiocarbonyl (C=S) groups is 1. The van der Waals surface area contributed by atoms with Crippen molar-refractivity contribution in [1.29, 1.82) is 0 Å². The van der Waals surface area contributed by atoms with Gasteiger partial charge in [0.25, 0.3) is 11.8 Å². The molecule has 0 saturated carbocycles. The van der Waals surface area contributed by atoms with E-state index in [-0.39, 0.29) is 18.4 Å². The first-order valence-corrected chi connectivity index (χ1v) is 13.6. The van der Waals surface area contributed by atoms with Crippen molar-refractivity contribution in [3.05, 3.63) is 86.7 Å². The number of carbonyl (C=O) groups is 2. The van der Waals surface area contributed by atoms with E-state index in [1.165, 1.54) is 16.7 Å². The van der Waals surface area contributed by atoms with E-state index in [1.807, 2.05) is 69.3 Å². The summed E-state index contributed by atoms with van der Waals surface area (Å²) in [7, 11) is 0. The van der Waals surface area contributed by atoms with E-state index in [2.05, 4.69) is 21.2 Å². The fourth-order valence-electron chi connectivity index (χ4n) is 3.83. The monoisotopic (exact) mass is 596 g/mol. The quantitative estimate of drug-likeness (QED) is 0.226. The Kier molecular flexibility index (Phi) is 8.68. The predicted octanol–water partition coefficient (Wildman–Crippen LogP) is 6.89. The van der Waals surface area contributed by atoms with Crippen LogP contribution in [0.2, 0.25) is 0 Å². The number of ether oxygens (including phenoxy) is 2. The third-order valence-corrected chi connectivity index (χ3v) is 7.25. The van der Waals surface area contributed by atoms with Gasteiger partial charge in [-0.15, -0.1) is 0 Å². The molecule has 1 aliphatic rings. The summed E-state index contributed by atoms with van der Waals surface area (Å²) < 4.78 is 12.6. The maximum Gasteiger partial charge on any atom is 0.270 e. The smallest absolute Gasteiger partial charge is 0.270 e. The Labute approximate surface area is 234 Å². The van der Waals surface area contributed by atoms with Gasteiger partial charge in [-0.25, -0.2) is 0 Å². The predicted molar refractivity (Wildman–Crippen MR) is 157 cm³/mol. The molecular formula is C28H25BrN2O4S2. The van der Waals surface area contributed by atoms with Gasteiger partial charge in [0.05, 0.1) is 17.2 Å². The number of carbonyl (C=O) groups excluding carboxylic acids is 2. The molecule has 1 fully saturated rings. The van der Waals surface area contributed by atoms with Crippen LogP contribution in [0.25, 0.3) is 6.08 Å². The van der Waals surface area contributed by atoms with E-state index in [0.717, 1.165) is 32.6 Å². The van der Waals surface area contributed by atoms with Crippen LogP contribution in [0.15, 0.2) is 70.0 Å². The van der Waals surface area contributed by atoms with Crippen LogP contribution in [0.4, 0.5) is 11.4 Å². The van der Waals surface area contributed by atoms with Crippen molar-refractivity contribution < 1.29 is 19.1 Å². The number of nitrogens with zero attached hydrogens (tertiary/aromatic N) is 1. The molecule has 0 aromatic heterocycles. The first kappa shape index (κ1) is 26.9. The Bertz CT molecular complexity index is 1370. The van der Waals surface area contributed by atoms with Crippen molar-refractivity contribution in [3.63, 3.8) is 0 Å². The Morgan fingerprint density at radius 2 is 1.76 bits per heavy atom. The van der Waals surface area contributed by atoms with Gasteiger partial charge < -0.3 is 14.8 Å². The lowest BCUT2D eigenvalue weighted by atomic mass is 10.1. The van der Waals surface area contributed by atoms with Crippen LogP contribution in [0, 0.1) is 13.8 Å². The number of hydrogen-bond acceptors (Lipinski definition) is 6. The summed E-state index contributed by atoms with van der Waals surface area (Å²) in [5.74, 6) is 0.815. The summed E-state index contributed by atoms with van der Waals surface area (Å²) in [5.41, 5.74) is 4.16. The minimum Gasteiger partial charge on any atom is -0.494 e. The SMILES string of the molecule is CCOc1ccc(N2C(=O)/C(=C/c3cccc(OCC(=O)Nc4c(C)cc(Br)cc4C)c3)SC2=S)cc1. The van der Waals surface area contributed by atoms with Gasteiger partial charge in [-0.2, -0.15) is 0 Å². The van der Waals surface area contributed by atoms with Crippen LogP contribution in [-0.2, 0) is 9.59 Å². The van der Waals surface area contributed by atoms with Gasteiger partial charge in [0.2, 0.25) is 0 Å². The lowest BCUT2D eigenvalue weighted by molar-refractivity contribution is -0.118. The van der Waals surface area contributed by atoms with Crippen LogP contribution in [0.1, 0.15) is 23.6 Å². The Balaban J connectivity index is 1.42. The van der Waals surface area contributed by atoms with E-state index in [0.29, 0.717) is 27.3 Å². The summed E-state index contributed by atoms with van der Waals surface area (Å²) in [5, 5.41) is 2.92. The molecule has 1 N–H and O–H groups in total. The second-order valence-corrected chi connectivity index (χ2v) is 10.9. The summed E-state index contributed by atoms with van der Waals surface area (Å²) in [4.78, 5) is 27.6. The van der Waals surface area contributed by atoms with Crippen LogP contribution in [-0.4, -0.2) is 29.3 Å². The average Bonchev–Trinajstić information content (AvgIpc) is 3.13. The summed E-state index contributed by atoms with van der Waals surface area (Å²) in [6, 6.07) is 18.4. The second kappa shape index (κ2) is 11.9. The van der Waals surface area contributed by atoms with Gasteiger partial charge in [-0.3, -0.25) is 14.5 Å². The Morgan fingerprint density at radius 3 is 2.43 bits per heavy atom. The van der Waals surface area contributed by atoms with E-state index in [1.54, 1.807) is 18.2 Å². The average molecular weight is 598 g/mol. The van der Waals surface area contributed by atoms with Crippen LogP contribution >= 0.6 is 39.9 Å². The fraction of sp³-hybridized carbons (Fsp3) is 0.179. The molecule has 1 heterocycles. The normalized spacial score (nSPS) is 14.3. The zero-order valence-electron chi connectivity index (χ0n) is 20.5. The molecule has 3 aromatic rings. The van der Waals surface area contributed by atoms with Crippen molar-refractivity contribution in [2.45, 2.75) is 20.8 Å². The van der Waals surface area contributed by atoms with Crippen molar-refractivity contribution in [1.82, 2.24) is 0 Å². The van der Waals surface area contributed by atoms with Gasteiger partial charge in [0.1, 0.15) is 11.5 Å². The maximum atomic E-state index is 13.1. The van der Waals surface area contributed by atoms with Crippen LogP contribution in [0.3, 0.4) is 0 Å². The van der Waals surface area contributed by atoms with Gasteiger partial charge >= 0.3 is 0 Å². The first-order valence-electron chi connectivity index (χ1n) is 11.6. The Hall–Kier alpha value is -3.14. The van der Waals surface area contributed by atoms with Gasteiger partial charge in [0.15, 0.2) is 10.9 Å². The van der Waals surface area contributed by atoms with Gasteiger partial charge in [0, 0.05) is 10.2 Å². The summed E-state index contributed by atoms with van der Waals surface area (Å²) >= 11 is 10.2. The van der Waals surface area contributed by atoms with E-state index in [9.17, 15) is 9.59 Å². The van der Waals surface area contributed by atoms with Crippen LogP contribution in [0.5, 0.6) is 11.5 Å². The number of amides is 2. The molecule has 0 bridgehead atoms. The topological polar surface area (TPSA) is 67.9 Å². The zero-order chi connectivity index (χ0) is 26.5. The zero-order valence-corrected chi connectivity index (χ0v) is 23.8. The number of thioether (sulfide) groups is 1. The van der Waals surface area contributed by atoms with E-state index >= 15 is 0 Å². The number of halogens is 1. The molecule has 0 unspecified atom stereocenters. The molecule has 3 aromatic carbocycles. The van der Waals surface area contributed by atoms with Crippen molar-refractivity contribution in [2.75, 3.05) is 23.4 Å². The summed E-state index contributed by atoms with van der Waals surface area (Å²) in [6.07, 6.45) is 1.77. The number of benzene rings is 3. The molecule has 0 atom stereocenters. The van der Waals surface area contributed by atoms with Crippen molar-refractivity contribution in [3.8, 4) is 11.5 Å². The number of anilines is 2. The number of aryl methyl sites for hydroxylation is 2. The van der Waals surface area contributed by atoms with Crippen LogP contribution < -0.4 is 19.7 Å². The molecule has 4 rings (SSSR count). The second-order valence-electron chi connectivity index (χ2n) is 8.27. The standard InChI is InChI=1S/C28H25BrN2O4S2/c1-4-34-22-10-8-21(9-11-22)31-27(33)24(37-28(31)36)15-19-6-5-7-23(14-19)35-16-25(32)30-26-17(2)12-20(29)13-18(26)3/h5-15H,4,16H2,1-3H3,(H,30,32)/b24-15-. The summed E-state index contributed by atoms with van der Waals surface area (Å²) in [6.45, 7) is 6.23. The third kappa shape index (κ3) is 6.60. The minimum absolute atomic E-state index is 0.141. The van der Waals surface area contributed by atoms with Gasteiger partial charge in [-0.05, 0) is 92.1 Å². The molecule has 0 aliphatic carbocycles. The maximum absolute atomic E-state index is 13.1. The van der Waals surface area contributed by atoms with Gasteiger partial charge in [-0.1, -0.05) is 52.0 Å².